The molecule has 206 valence electrons. The predicted molar refractivity (Wildman–Crippen MR) is 186 cm³/mol. The van der Waals surface area contributed by atoms with E-state index >= 15 is 0 Å². The van der Waals surface area contributed by atoms with Crippen molar-refractivity contribution >= 4 is 43.1 Å². The highest BCUT2D eigenvalue weighted by Crippen LogP contribution is 2.35. The van der Waals surface area contributed by atoms with E-state index in [0.29, 0.717) is 0 Å². The zero-order valence-electron chi connectivity index (χ0n) is 25.0. The first-order valence-electron chi connectivity index (χ1n) is 14.6. The van der Waals surface area contributed by atoms with Crippen LogP contribution in [0.2, 0.25) is 0 Å². The zero-order valence-corrected chi connectivity index (χ0v) is 25.0. The van der Waals surface area contributed by atoms with E-state index in [1.165, 1.54) is 65.3 Å². The van der Waals surface area contributed by atoms with Crippen LogP contribution < -0.4 is 0 Å². The van der Waals surface area contributed by atoms with Crippen molar-refractivity contribution in [1.82, 2.24) is 0 Å². The molecule has 0 atom stereocenters. The molecule has 0 heteroatoms. The minimum Gasteiger partial charge on any atom is -0.0623 e. The van der Waals surface area contributed by atoms with Crippen LogP contribution in [0.4, 0.5) is 0 Å². The van der Waals surface area contributed by atoms with E-state index in [1.807, 2.05) is 36.4 Å². The SMILES string of the molecule is Cc1ccc(C)cc1.Cc1ccc2ccc3cccc4ccc1c2c34.Cc1cccc2ccccc12.c1ccccc1. The topological polar surface area (TPSA) is 0 Å². The molecule has 0 nitrogen and oxygen atoms in total. The first-order valence-corrected chi connectivity index (χ1v) is 14.6. The number of hydrogen-bond donors (Lipinski definition) is 0. The molecule has 0 amide bonds. The molecular weight excluding hydrogens is 504 g/mol. The molecule has 0 aliphatic carbocycles. The first-order chi connectivity index (χ1) is 20.5. The monoisotopic (exact) mass is 542 g/mol. The van der Waals surface area contributed by atoms with Crippen LogP contribution in [0.15, 0.2) is 158 Å². The van der Waals surface area contributed by atoms with Crippen molar-refractivity contribution in [3.63, 3.8) is 0 Å². The second-order valence-electron chi connectivity index (χ2n) is 10.8. The largest absolute Gasteiger partial charge is 0.0623 e. The van der Waals surface area contributed by atoms with Crippen LogP contribution in [0.25, 0.3) is 43.1 Å². The van der Waals surface area contributed by atoms with Gasteiger partial charge >= 0.3 is 0 Å². The Bertz CT molecular complexity index is 1930. The second kappa shape index (κ2) is 13.6. The maximum Gasteiger partial charge on any atom is -0.00241 e. The molecule has 0 saturated heterocycles. The van der Waals surface area contributed by atoms with Gasteiger partial charge in [-0.3, -0.25) is 0 Å². The minimum absolute atomic E-state index is 1.33. The lowest BCUT2D eigenvalue weighted by atomic mass is 9.92. The molecule has 42 heavy (non-hydrogen) atoms. The Morgan fingerprint density at radius 3 is 1.29 bits per heavy atom. The smallest absolute Gasteiger partial charge is 0.00241 e. The van der Waals surface area contributed by atoms with Gasteiger partial charge in [-0.1, -0.05) is 169 Å². The van der Waals surface area contributed by atoms with Crippen LogP contribution in [-0.2, 0) is 0 Å². The van der Waals surface area contributed by atoms with Gasteiger partial charge in [-0.25, -0.2) is 0 Å². The van der Waals surface area contributed by atoms with Gasteiger partial charge in [0.2, 0.25) is 0 Å². The highest BCUT2D eigenvalue weighted by Gasteiger charge is 2.08. The lowest BCUT2D eigenvalue weighted by Gasteiger charge is -2.11. The average molecular weight is 543 g/mol. The number of hydrogen-bond acceptors (Lipinski definition) is 0. The van der Waals surface area contributed by atoms with Gasteiger partial charge in [0, 0.05) is 0 Å². The Morgan fingerprint density at radius 2 is 0.690 bits per heavy atom. The van der Waals surface area contributed by atoms with E-state index in [0.717, 1.165) is 0 Å². The summed E-state index contributed by atoms with van der Waals surface area (Å²) in [5, 5.41) is 10.9. The number of benzene rings is 8. The molecule has 0 unspecified atom stereocenters. The third-order valence-electron chi connectivity index (χ3n) is 7.64. The lowest BCUT2D eigenvalue weighted by molar-refractivity contribution is 1.40. The predicted octanol–water partition coefficient (Wildman–Crippen LogP) is 12.0. The molecule has 0 fully saturated rings. The van der Waals surface area contributed by atoms with Crippen LogP contribution in [0.1, 0.15) is 22.3 Å². The fourth-order valence-electron chi connectivity index (χ4n) is 5.29. The molecule has 0 N–H and O–H groups in total. The molecule has 0 radical (unpaired) electrons. The summed E-state index contributed by atoms with van der Waals surface area (Å²) in [4.78, 5) is 0. The molecule has 0 bridgehead atoms. The van der Waals surface area contributed by atoms with Crippen LogP contribution in [0, 0.1) is 27.7 Å². The summed E-state index contributed by atoms with van der Waals surface area (Å²) in [7, 11) is 0. The van der Waals surface area contributed by atoms with Crippen molar-refractivity contribution < 1.29 is 0 Å². The fourth-order valence-corrected chi connectivity index (χ4v) is 5.29. The Kier molecular flexibility index (Phi) is 9.27. The van der Waals surface area contributed by atoms with E-state index in [9.17, 15) is 0 Å². The Hall–Kier alpha value is -4.94. The maximum atomic E-state index is 2.25. The maximum absolute atomic E-state index is 2.25. The summed E-state index contributed by atoms with van der Waals surface area (Å²) in [6, 6.07) is 55.2. The summed E-state index contributed by atoms with van der Waals surface area (Å²) >= 11 is 0. The van der Waals surface area contributed by atoms with Gasteiger partial charge in [-0.15, -0.1) is 0 Å². The molecule has 0 aliphatic rings. The van der Waals surface area contributed by atoms with Crippen molar-refractivity contribution in [1.29, 1.82) is 0 Å². The third kappa shape index (κ3) is 6.85. The van der Waals surface area contributed by atoms with Crippen molar-refractivity contribution in [2.45, 2.75) is 27.7 Å². The van der Waals surface area contributed by atoms with Crippen molar-refractivity contribution in [2.24, 2.45) is 0 Å². The van der Waals surface area contributed by atoms with Gasteiger partial charge < -0.3 is 0 Å². The van der Waals surface area contributed by atoms with Crippen LogP contribution >= 0.6 is 0 Å². The fraction of sp³-hybridized carbons (Fsp3) is 0.0952. The Balaban J connectivity index is 0.000000122. The van der Waals surface area contributed by atoms with Gasteiger partial charge in [0.15, 0.2) is 0 Å². The van der Waals surface area contributed by atoms with E-state index in [4.69, 9.17) is 0 Å². The quantitative estimate of drug-likeness (QED) is 0.167. The van der Waals surface area contributed by atoms with Crippen LogP contribution in [0.3, 0.4) is 0 Å². The number of fused-ring (bicyclic) bond motifs is 1. The number of aryl methyl sites for hydroxylation is 4. The van der Waals surface area contributed by atoms with E-state index in [1.54, 1.807) is 0 Å². The van der Waals surface area contributed by atoms with Gasteiger partial charge in [0.25, 0.3) is 0 Å². The van der Waals surface area contributed by atoms with Crippen molar-refractivity contribution in [3.05, 3.63) is 180 Å². The molecule has 0 heterocycles. The third-order valence-corrected chi connectivity index (χ3v) is 7.64. The van der Waals surface area contributed by atoms with Crippen LogP contribution in [0.5, 0.6) is 0 Å². The summed E-state index contributed by atoms with van der Waals surface area (Å²) < 4.78 is 0. The summed E-state index contributed by atoms with van der Waals surface area (Å²) in [5.74, 6) is 0. The normalized spacial score (nSPS) is 10.4. The lowest BCUT2D eigenvalue weighted by Crippen LogP contribution is -1.85. The minimum atomic E-state index is 1.33. The highest BCUT2D eigenvalue weighted by atomic mass is 14.1. The van der Waals surface area contributed by atoms with Gasteiger partial charge in [-0.2, -0.15) is 0 Å². The summed E-state index contributed by atoms with van der Waals surface area (Å²) in [5.41, 5.74) is 5.37. The van der Waals surface area contributed by atoms with E-state index in [-0.39, 0.29) is 0 Å². The summed E-state index contributed by atoms with van der Waals surface area (Å²) in [6.45, 7) is 8.52. The Morgan fingerprint density at radius 1 is 0.262 bits per heavy atom. The summed E-state index contributed by atoms with van der Waals surface area (Å²) in [6.07, 6.45) is 0. The average Bonchev–Trinajstić information content (AvgIpc) is 3.04. The molecule has 0 aromatic heterocycles. The van der Waals surface area contributed by atoms with Gasteiger partial charge in [0.1, 0.15) is 0 Å². The molecule has 0 spiro atoms. The number of rotatable bonds is 0. The van der Waals surface area contributed by atoms with E-state index in [2.05, 4.69) is 149 Å². The first kappa shape index (κ1) is 28.6. The standard InChI is InChI=1S/C17H12.C11H10.C8H10.C6H6/c1-11-5-6-14-8-7-12-3-2-4-13-9-10-15(11)17(14)16(12)13;1-9-5-4-7-10-6-2-3-8-11(9)10;1-7-3-5-8(2)6-4-7;1-2-4-6-5-3-1/h2-10H,1H3;2-8H,1H3;3-6H,1-2H3;1-6H. The zero-order chi connectivity index (χ0) is 29.3. The molecule has 8 aromatic rings. The molecular formula is C42H38. The molecule has 0 aliphatic heterocycles. The Labute approximate surface area is 250 Å². The van der Waals surface area contributed by atoms with Crippen molar-refractivity contribution in [2.75, 3.05) is 0 Å². The van der Waals surface area contributed by atoms with Crippen molar-refractivity contribution in [3.8, 4) is 0 Å². The molecule has 8 rings (SSSR count). The van der Waals surface area contributed by atoms with Gasteiger partial charge in [-0.05, 0) is 81.9 Å². The molecule has 8 aromatic carbocycles. The van der Waals surface area contributed by atoms with E-state index < -0.39 is 0 Å². The van der Waals surface area contributed by atoms with Crippen LogP contribution in [-0.4, -0.2) is 0 Å². The highest BCUT2D eigenvalue weighted by molar-refractivity contribution is 6.23. The van der Waals surface area contributed by atoms with Gasteiger partial charge in [0.05, 0.1) is 0 Å². The second-order valence-corrected chi connectivity index (χ2v) is 10.8. The molecule has 0 saturated carbocycles.